The van der Waals surface area contributed by atoms with Gasteiger partial charge in [-0.25, -0.2) is 9.86 Å². The molecule has 0 bridgehead atoms. The van der Waals surface area contributed by atoms with Crippen molar-refractivity contribution < 1.29 is 19.2 Å². The maximum Gasteiger partial charge on any atom is 0.411 e. The fourth-order valence-electron chi connectivity index (χ4n) is 2.15. The minimum atomic E-state index is -0.569. The normalized spacial score (nSPS) is 23.4. The van der Waals surface area contributed by atoms with Crippen LogP contribution in [-0.4, -0.2) is 53.8 Å². The average Bonchev–Trinajstić information content (AvgIpc) is 2.66. The number of carbonyl (C=O) groups excluding carboxylic acids is 2. The number of hydrogen-bond acceptors (Lipinski definition) is 4. The first-order valence-corrected chi connectivity index (χ1v) is 6.50. The second-order valence-corrected chi connectivity index (χ2v) is 5.85. The third-order valence-electron chi connectivity index (χ3n) is 3.14. The smallest absolute Gasteiger partial charge is 0.411 e. The lowest BCUT2D eigenvalue weighted by molar-refractivity contribution is -0.173. The Hall–Kier alpha value is -1.30. The first-order valence-electron chi connectivity index (χ1n) is 6.50. The molecular formula is C13H24N2O4. The zero-order valence-corrected chi connectivity index (χ0v) is 12.6. The van der Waals surface area contributed by atoms with Crippen LogP contribution >= 0.6 is 0 Å². The summed E-state index contributed by atoms with van der Waals surface area (Å²) in [6.45, 7) is 7.35. The second-order valence-electron chi connectivity index (χ2n) is 5.85. The van der Waals surface area contributed by atoms with E-state index in [1.807, 2.05) is 27.7 Å². The van der Waals surface area contributed by atoms with Gasteiger partial charge in [0.1, 0.15) is 11.6 Å². The number of nitrogens with zero attached hydrogens (tertiary/aromatic N) is 2. The number of likely N-dealkylation sites (tertiary alicyclic amines) is 1. The fraction of sp³-hybridized carbons (Fsp3) is 0.846. The van der Waals surface area contributed by atoms with Crippen molar-refractivity contribution >= 4 is 12.0 Å². The predicted molar refractivity (Wildman–Crippen MR) is 70.3 cm³/mol. The molecule has 0 aromatic rings. The van der Waals surface area contributed by atoms with E-state index >= 15 is 0 Å². The molecule has 19 heavy (non-hydrogen) atoms. The minimum absolute atomic E-state index is 0.00550. The maximum atomic E-state index is 12.2. The molecule has 0 spiro atoms. The number of amides is 2. The summed E-state index contributed by atoms with van der Waals surface area (Å²) in [6, 6.07) is -0.510. The third-order valence-corrected chi connectivity index (χ3v) is 3.14. The summed E-state index contributed by atoms with van der Waals surface area (Å²) in [6.07, 6.45) is 0.973. The molecule has 0 saturated carbocycles. The highest BCUT2D eigenvalue weighted by molar-refractivity contribution is 5.85. The van der Waals surface area contributed by atoms with E-state index in [1.165, 1.54) is 12.0 Å². The molecule has 2 atom stereocenters. The van der Waals surface area contributed by atoms with E-state index in [2.05, 4.69) is 0 Å². The van der Waals surface area contributed by atoms with Gasteiger partial charge < -0.3 is 4.74 Å². The van der Waals surface area contributed by atoms with Gasteiger partial charge in [-0.15, -0.1) is 0 Å². The summed E-state index contributed by atoms with van der Waals surface area (Å²) >= 11 is 0. The molecule has 0 aromatic heterocycles. The molecule has 110 valence electrons. The fourth-order valence-corrected chi connectivity index (χ4v) is 2.15. The molecule has 1 saturated heterocycles. The molecule has 0 unspecified atom stereocenters. The maximum absolute atomic E-state index is 12.2. The Labute approximate surface area is 114 Å². The Bertz CT molecular complexity index is 351. The van der Waals surface area contributed by atoms with Gasteiger partial charge in [-0.2, -0.15) is 0 Å². The minimum Gasteiger partial charge on any atom is -0.444 e. The second kappa shape index (κ2) is 5.77. The van der Waals surface area contributed by atoms with Crippen molar-refractivity contribution in [2.24, 2.45) is 0 Å². The molecule has 0 aliphatic carbocycles. The molecule has 1 fully saturated rings. The highest BCUT2D eigenvalue weighted by Gasteiger charge is 2.42. The van der Waals surface area contributed by atoms with Gasteiger partial charge in [-0.05, 0) is 40.5 Å². The molecule has 6 heteroatoms. The van der Waals surface area contributed by atoms with E-state index in [-0.39, 0.29) is 11.9 Å². The summed E-state index contributed by atoms with van der Waals surface area (Å²) in [7, 11) is 2.96. The standard InChI is InChI=1S/C13H24N2O4/c1-9-7-8-10(11(16)14(5)18-6)15(9)12(17)19-13(2,3)4/h9-10H,7-8H2,1-6H3/t9-,10+/m1/s1. The van der Waals surface area contributed by atoms with E-state index in [0.29, 0.717) is 6.42 Å². The Kier molecular flexibility index (Phi) is 4.79. The molecule has 1 aliphatic heterocycles. The first-order chi connectivity index (χ1) is 8.67. The monoisotopic (exact) mass is 272 g/mol. The van der Waals surface area contributed by atoms with Crippen molar-refractivity contribution in [2.45, 2.75) is 58.2 Å². The van der Waals surface area contributed by atoms with Gasteiger partial charge in [0.25, 0.3) is 5.91 Å². The molecular weight excluding hydrogens is 248 g/mol. The zero-order valence-electron chi connectivity index (χ0n) is 12.6. The topological polar surface area (TPSA) is 59.1 Å². The first kappa shape index (κ1) is 15.8. The van der Waals surface area contributed by atoms with Gasteiger partial charge in [0.05, 0.1) is 7.11 Å². The highest BCUT2D eigenvalue weighted by atomic mass is 16.7. The largest absolute Gasteiger partial charge is 0.444 e. The zero-order chi connectivity index (χ0) is 14.8. The van der Waals surface area contributed by atoms with Crippen molar-refractivity contribution in [3.05, 3.63) is 0 Å². The Morgan fingerprint density at radius 3 is 2.32 bits per heavy atom. The Balaban J connectivity index is 2.83. The van der Waals surface area contributed by atoms with E-state index in [1.54, 1.807) is 7.05 Å². The lowest BCUT2D eigenvalue weighted by atomic mass is 10.2. The van der Waals surface area contributed by atoms with E-state index in [9.17, 15) is 9.59 Å². The Morgan fingerprint density at radius 2 is 1.84 bits per heavy atom. The van der Waals surface area contributed by atoms with Gasteiger partial charge in [0.15, 0.2) is 0 Å². The van der Waals surface area contributed by atoms with Crippen LogP contribution in [0.2, 0.25) is 0 Å². The number of hydrogen-bond donors (Lipinski definition) is 0. The molecule has 0 aromatic carbocycles. The van der Waals surface area contributed by atoms with Crippen LogP contribution in [0.3, 0.4) is 0 Å². The van der Waals surface area contributed by atoms with Crippen LogP contribution in [0.25, 0.3) is 0 Å². The van der Waals surface area contributed by atoms with Gasteiger partial charge >= 0.3 is 6.09 Å². The van der Waals surface area contributed by atoms with Crippen LogP contribution in [0.4, 0.5) is 4.79 Å². The van der Waals surface area contributed by atoms with Crippen LogP contribution in [0.15, 0.2) is 0 Å². The van der Waals surface area contributed by atoms with Crippen LogP contribution in [-0.2, 0) is 14.4 Å². The van der Waals surface area contributed by atoms with Crippen molar-refractivity contribution in [1.82, 2.24) is 9.96 Å². The van der Waals surface area contributed by atoms with Crippen LogP contribution in [0, 0.1) is 0 Å². The molecule has 0 N–H and O–H groups in total. The van der Waals surface area contributed by atoms with Gasteiger partial charge in [0.2, 0.25) is 0 Å². The lowest BCUT2D eigenvalue weighted by Crippen LogP contribution is -2.50. The summed E-state index contributed by atoms with van der Waals surface area (Å²) < 4.78 is 5.36. The quantitative estimate of drug-likeness (QED) is 0.719. The summed E-state index contributed by atoms with van der Waals surface area (Å²) in [5.41, 5.74) is -0.569. The van der Waals surface area contributed by atoms with Crippen molar-refractivity contribution in [2.75, 3.05) is 14.2 Å². The van der Waals surface area contributed by atoms with E-state index < -0.39 is 17.7 Å². The van der Waals surface area contributed by atoms with Crippen molar-refractivity contribution in [3.63, 3.8) is 0 Å². The molecule has 1 aliphatic rings. The third kappa shape index (κ3) is 3.83. The van der Waals surface area contributed by atoms with Gasteiger partial charge in [0, 0.05) is 13.1 Å². The highest BCUT2D eigenvalue weighted by Crippen LogP contribution is 2.27. The average molecular weight is 272 g/mol. The van der Waals surface area contributed by atoms with Crippen molar-refractivity contribution in [1.29, 1.82) is 0 Å². The number of rotatable bonds is 2. The molecule has 1 heterocycles. The number of carbonyl (C=O) groups is 2. The summed E-state index contributed by atoms with van der Waals surface area (Å²) in [4.78, 5) is 30.8. The van der Waals surface area contributed by atoms with Gasteiger partial charge in [-0.3, -0.25) is 14.5 Å². The molecule has 6 nitrogen and oxygen atoms in total. The molecule has 1 rings (SSSR count). The predicted octanol–water partition coefficient (Wildman–Crippen LogP) is 1.79. The molecule has 0 radical (unpaired) electrons. The van der Waals surface area contributed by atoms with Crippen LogP contribution < -0.4 is 0 Å². The summed E-state index contributed by atoms with van der Waals surface area (Å²) in [5, 5.41) is 1.15. The van der Waals surface area contributed by atoms with E-state index in [0.717, 1.165) is 11.5 Å². The SMILES string of the molecule is CON(C)C(=O)[C@@H]1CC[C@@H](C)N1C(=O)OC(C)(C)C. The van der Waals surface area contributed by atoms with Crippen LogP contribution in [0.5, 0.6) is 0 Å². The van der Waals surface area contributed by atoms with E-state index in [4.69, 9.17) is 9.57 Å². The Morgan fingerprint density at radius 1 is 1.26 bits per heavy atom. The number of hydroxylamine groups is 2. The van der Waals surface area contributed by atoms with Crippen molar-refractivity contribution in [3.8, 4) is 0 Å². The van der Waals surface area contributed by atoms with Crippen LogP contribution in [0.1, 0.15) is 40.5 Å². The number of likely N-dealkylation sites (N-methyl/N-ethyl adjacent to an activating group) is 1. The number of ether oxygens (including phenoxy) is 1. The lowest BCUT2D eigenvalue weighted by Gasteiger charge is -2.31. The summed E-state index contributed by atoms with van der Waals surface area (Å²) in [5.74, 6) is -0.224. The molecule has 2 amide bonds. The van der Waals surface area contributed by atoms with Gasteiger partial charge in [-0.1, -0.05) is 0 Å².